The monoisotopic (exact) mass is 345 g/mol. The van der Waals surface area contributed by atoms with Crippen molar-refractivity contribution in [2.45, 2.75) is 11.9 Å². The zero-order chi connectivity index (χ0) is 16.2. The third kappa shape index (κ3) is 3.62. The van der Waals surface area contributed by atoms with Crippen LogP contribution in [-0.4, -0.2) is 28.7 Å². The van der Waals surface area contributed by atoms with Crippen LogP contribution in [0.5, 0.6) is 5.75 Å². The van der Waals surface area contributed by atoms with Gasteiger partial charge in [0.05, 0.1) is 28.8 Å². The molecule has 7 heteroatoms. The maximum atomic E-state index is 12.2. The normalized spacial score (nSPS) is 10.7. The third-order valence-electron chi connectivity index (χ3n) is 3.18. The Morgan fingerprint density at radius 2 is 2.22 bits per heavy atom. The number of hydrogen-bond donors (Lipinski definition) is 1. The smallest absolute Gasteiger partial charge is 0.234 e. The van der Waals surface area contributed by atoms with Gasteiger partial charge in [0.1, 0.15) is 17.1 Å². The van der Waals surface area contributed by atoms with Crippen molar-refractivity contribution < 1.29 is 9.53 Å². The summed E-state index contributed by atoms with van der Waals surface area (Å²) in [6, 6.07) is 7.63. The van der Waals surface area contributed by atoms with Gasteiger partial charge >= 0.3 is 0 Å². The SMILES string of the molecule is COc1ccc(C)cc1NC(=O)CSc1ncnc2ccsc12. The van der Waals surface area contributed by atoms with E-state index in [0.29, 0.717) is 11.4 Å². The fourth-order valence-corrected chi connectivity index (χ4v) is 3.86. The van der Waals surface area contributed by atoms with E-state index >= 15 is 0 Å². The van der Waals surface area contributed by atoms with Gasteiger partial charge in [-0.3, -0.25) is 4.79 Å². The van der Waals surface area contributed by atoms with E-state index in [1.807, 2.05) is 36.6 Å². The average molecular weight is 345 g/mol. The second kappa shape index (κ2) is 6.97. The Balaban J connectivity index is 1.68. The number of aromatic nitrogens is 2. The van der Waals surface area contributed by atoms with Crippen molar-refractivity contribution in [2.75, 3.05) is 18.2 Å². The number of aryl methyl sites for hydroxylation is 1. The van der Waals surface area contributed by atoms with Gasteiger partial charge in [0.15, 0.2) is 0 Å². The summed E-state index contributed by atoms with van der Waals surface area (Å²) in [6.07, 6.45) is 1.53. The third-order valence-corrected chi connectivity index (χ3v) is 5.21. The highest BCUT2D eigenvalue weighted by molar-refractivity contribution is 8.00. The summed E-state index contributed by atoms with van der Waals surface area (Å²) in [6.45, 7) is 1.97. The van der Waals surface area contributed by atoms with Crippen LogP contribution in [0.1, 0.15) is 5.56 Å². The van der Waals surface area contributed by atoms with Crippen LogP contribution in [0.4, 0.5) is 5.69 Å². The minimum atomic E-state index is -0.0952. The molecule has 0 saturated carbocycles. The number of thiophene rings is 1. The maximum Gasteiger partial charge on any atom is 0.234 e. The van der Waals surface area contributed by atoms with Crippen molar-refractivity contribution in [3.05, 3.63) is 41.5 Å². The fraction of sp³-hybridized carbons (Fsp3) is 0.188. The Kier molecular flexibility index (Phi) is 4.78. The number of fused-ring (bicyclic) bond motifs is 1. The minimum absolute atomic E-state index is 0.0952. The molecule has 0 aliphatic heterocycles. The molecular weight excluding hydrogens is 330 g/mol. The second-order valence-corrected chi connectivity index (χ2v) is 6.73. The fourth-order valence-electron chi connectivity index (χ4n) is 2.11. The molecular formula is C16H15N3O2S2. The average Bonchev–Trinajstić information content (AvgIpc) is 3.02. The molecule has 0 unspecified atom stereocenters. The van der Waals surface area contributed by atoms with Crippen molar-refractivity contribution in [3.63, 3.8) is 0 Å². The number of nitrogens with one attached hydrogen (secondary N) is 1. The van der Waals surface area contributed by atoms with Crippen LogP contribution in [0, 0.1) is 6.92 Å². The number of hydrogen-bond acceptors (Lipinski definition) is 6. The highest BCUT2D eigenvalue weighted by atomic mass is 32.2. The lowest BCUT2D eigenvalue weighted by atomic mass is 10.2. The molecule has 1 aromatic carbocycles. The maximum absolute atomic E-state index is 12.2. The molecule has 3 aromatic rings. The van der Waals surface area contributed by atoms with Crippen LogP contribution >= 0.6 is 23.1 Å². The summed E-state index contributed by atoms with van der Waals surface area (Å²) in [7, 11) is 1.59. The van der Waals surface area contributed by atoms with Crippen LogP contribution in [0.3, 0.4) is 0 Å². The number of amides is 1. The molecule has 0 spiro atoms. The topological polar surface area (TPSA) is 64.1 Å². The molecule has 0 fully saturated rings. The number of nitrogens with zero attached hydrogens (tertiary/aromatic N) is 2. The minimum Gasteiger partial charge on any atom is -0.495 e. The quantitative estimate of drug-likeness (QED) is 0.564. The van der Waals surface area contributed by atoms with E-state index in [-0.39, 0.29) is 11.7 Å². The van der Waals surface area contributed by atoms with Gasteiger partial charge in [-0.25, -0.2) is 9.97 Å². The highest BCUT2D eigenvalue weighted by Gasteiger charge is 2.11. The Morgan fingerprint density at radius 3 is 3.04 bits per heavy atom. The van der Waals surface area contributed by atoms with Crippen LogP contribution in [0.2, 0.25) is 0 Å². The predicted molar refractivity (Wildman–Crippen MR) is 94.5 cm³/mol. The van der Waals surface area contributed by atoms with Crippen LogP contribution in [0.15, 0.2) is 41.0 Å². The zero-order valence-electron chi connectivity index (χ0n) is 12.7. The Bertz CT molecular complexity index is 848. The molecule has 0 atom stereocenters. The van der Waals surface area contributed by atoms with Crippen LogP contribution in [-0.2, 0) is 4.79 Å². The first-order chi connectivity index (χ1) is 11.2. The summed E-state index contributed by atoms with van der Waals surface area (Å²) in [5.41, 5.74) is 2.65. The Morgan fingerprint density at radius 1 is 1.35 bits per heavy atom. The summed E-state index contributed by atoms with van der Waals surface area (Å²) in [5, 5.41) is 5.69. The number of ether oxygens (including phenoxy) is 1. The van der Waals surface area contributed by atoms with Gasteiger partial charge in [-0.15, -0.1) is 11.3 Å². The van der Waals surface area contributed by atoms with E-state index in [9.17, 15) is 4.79 Å². The van der Waals surface area contributed by atoms with E-state index in [1.54, 1.807) is 18.4 Å². The Labute approximate surface area is 142 Å². The van der Waals surface area contributed by atoms with Gasteiger partial charge in [0, 0.05) is 0 Å². The van der Waals surface area contributed by atoms with Crippen molar-refractivity contribution in [3.8, 4) is 5.75 Å². The van der Waals surface area contributed by atoms with Gasteiger partial charge < -0.3 is 10.1 Å². The number of methoxy groups -OCH3 is 1. The summed E-state index contributed by atoms with van der Waals surface area (Å²) >= 11 is 2.99. The number of rotatable bonds is 5. The van der Waals surface area contributed by atoms with Crippen molar-refractivity contribution >= 4 is 44.9 Å². The summed E-state index contributed by atoms with van der Waals surface area (Å²) in [5.74, 6) is 0.833. The summed E-state index contributed by atoms with van der Waals surface area (Å²) in [4.78, 5) is 20.7. The van der Waals surface area contributed by atoms with Crippen molar-refractivity contribution in [1.29, 1.82) is 0 Å². The zero-order valence-corrected chi connectivity index (χ0v) is 14.3. The highest BCUT2D eigenvalue weighted by Crippen LogP contribution is 2.29. The van der Waals surface area contributed by atoms with Gasteiger partial charge in [-0.1, -0.05) is 17.8 Å². The van der Waals surface area contributed by atoms with Gasteiger partial charge in [-0.05, 0) is 36.1 Å². The largest absolute Gasteiger partial charge is 0.495 e. The molecule has 0 bridgehead atoms. The first kappa shape index (κ1) is 15.8. The van der Waals surface area contributed by atoms with Gasteiger partial charge in [0.25, 0.3) is 0 Å². The molecule has 5 nitrogen and oxygen atoms in total. The second-order valence-electron chi connectivity index (χ2n) is 4.85. The predicted octanol–water partition coefficient (Wildman–Crippen LogP) is 3.74. The van der Waals surface area contributed by atoms with Crippen LogP contribution in [0.25, 0.3) is 10.2 Å². The molecule has 23 heavy (non-hydrogen) atoms. The molecule has 1 N–H and O–H groups in total. The lowest BCUT2D eigenvalue weighted by molar-refractivity contribution is -0.113. The van der Waals surface area contributed by atoms with E-state index in [4.69, 9.17) is 4.74 Å². The molecule has 0 radical (unpaired) electrons. The van der Waals surface area contributed by atoms with E-state index < -0.39 is 0 Å². The number of benzene rings is 1. The summed E-state index contributed by atoms with van der Waals surface area (Å²) < 4.78 is 6.28. The Hall–Kier alpha value is -2.12. The molecule has 1 amide bonds. The molecule has 118 valence electrons. The lowest BCUT2D eigenvalue weighted by Crippen LogP contribution is -2.15. The molecule has 2 heterocycles. The molecule has 2 aromatic heterocycles. The number of carbonyl (C=O) groups is 1. The first-order valence-electron chi connectivity index (χ1n) is 6.93. The molecule has 0 saturated heterocycles. The lowest BCUT2D eigenvalue weighted by Gasteiger charge is -2.10. The molecule has 0 aliphatic rings. The number of anilines is 1. The van der Waals surface area contributed by atoms with Crippen molar-refractivity contribution in [2.24, 2.45) is 0 Å². The van der Waals surface area contributed by atoms with Crippen molar-refractivity contribution in [1.82, 2.24) is 9.97 Å². The molecule has 0 aliphatic carbocycles. The standard InChI is InChI=1S/C16H15N3O2S2/c1-10-3-4-13(21-2)12(7-10)19-14(20)8-23-16-15-11(5-6-22-15)17-9-18-16/h3-7,9H,8H2,1-2H3,(H,19,20). The number of thioether (sulfide) groups is 1. The van der Waals surface area contributed by atoms with E-state index in [2.05, 4.69) is 15.3 Å². The van der Waals surface area contributed by atoms with E-state index in [0.717, 1.165) is 20.8 Å². The van der Waals surface area contributed by atoms with Gasteiger partial charge in [-0.2, -0.15) is 0 Å². The van der Waals surface area contributed by atoms with Gasteiger partial charge in [0.2, 0.25) is 5.91 Å². The van der Waals surface area contributed by atoms with Crippen LogP contribution < -0.4 is 10.1 Å². The van der Waals surface area contributed by atoms with E-state index in [1.165, 1.54) is 18.1 Å². The molecule has 3 rings (SSSR count). The number of carbonyl (C=O) groups excluding carboxylic acids is 1. The first-order valence-corrected chi connectivity index (χ1v) is 8.79.